The first-order valence-corrected chi connectivity index (χ1v) is 7.75. The van der Waals surface area contributed by atoms with Gasteiger partial charge in [-0.3, -0.25) is 0 Å². The third kappa shape index (κ3) is 3.30. The van der Waals surface area contributed by atoms with Gasteiger partial charge in [-0.15, -0.1) is 0 Å². The van der Waals surface area contributed by atoms with Crippen molar-refractivity contribution in [3.05, 3.63) is 53.4 Å². The monoisotopic (exact) mass is 299 g/mol. The van der Waals surface area contributed by atoms with Crippen molar-refractivity contribution >= 4 is 6.03 Å². The highest BCUT2D eigenvalue weighted by Crippen LogP contribution is 2.32. The first-order valence-electron chi connectivity index (χ1n) is 7.75. The van der Waals surface area contributed by atoms with Crippen molar-refractivity contribution in [2.45, 2.75) is 32.2 Å². The number of urea groups is 1. The van der Waals surface area contributed by atoms with E-state index in [9.17, 15) is 4.79 Å². The number of hydrogen-bond acceptors (Lipinski definition) is 3. The van der Waals surface area contributed by atoms with E-state index in [1.165, 1.54) is 5.56 Å². The number of aromatic nitrogens is 1. The SMILES string of the molecule is Cc1cc(C2CCCN2C(=O)NCCc2ccccc2)on1. The number of likely N-dealkylation sites (tertiary alicyclic amines) is 1. The molecule has 2 heterocycles. The molecule has 1 unspecified atom stereocenters. The van der Waals surface area contributed by atoms with Crippen LogP contribution in [0.3, 0.4) is 0 Å². The molecule has 2 aromatic rings. The Morgan fingerprint density at radius 1 is 1.41 bits per heavy atom. The van der Waals surface area contributed by atoms with E-state index in [4.69, 9.17) is 4.52 Å². The van der Waals surface area contributed by atoms with E-state index in [0.717, 1.165) is 37.3 Å². The van der Waals surface area contributed by atoms with E-state index in [-0.39, 0.29) is 12.1 Å². The molecule has 1 aliphatic rings. The Morgan fingerprint density at radius 3 is 2.95 bits per heavy atom. The quantitative estimate of drug-likeness (QED) is 0.944. The number of hydrogen-bond donors (Lipinski definition) is 1. The zero-order valence-electron chi connectivity index (χ0n) is 12.8. The molecular weight excluding hydrogens is 278 g/mol. The van der Waals surface area contributed by atoms with Crippen molar-refractivity contribution in [1.82, 2.24) is 15.4 Å². The Morgan fingerprint density at radius 2 is 2.23 bits per heavy atom. The van der Waals surface area contributed by atoms with Crippen LogP contribution in [-0.2, 0) is 6.42 Å². The fourth-order valence-corrected chi connectivity index (χ4v) is 2.91. The van der Waals surface area contributed by atoms with Gasteiger partial charge >= 0.3 is 6.03 Å². The number of carbonyl (C=O) groups is 1. The number of amides is 2. The average Bonchev–Trinajstić information content (AvgIpc) is 3.16. The Bertz CT molecular complexity index is 624. The summed E-state index contributed by atoms with van der Waals surface area (Å²) in [5, 5.41) is 6.93. The van der Waals surface area contributed by atoms with E-state index in [1.54, 1.807) is 0 Å². The number of benzene rings is 1. The fourth-order valence-electron chi connectivity index (χ4n) is 2.91. The molecule has 1 aromatic carbocycles. The lowest BCUT2D eigenvalue weighted by atomic mass is 10.1. The Labute approximate surface area is 130 Å². The van der Waals surface area contributed by atoms with Crippen molar-refractivity contribution in [2.24, 2.45) is 0 Å². The van der Waals surface area contributed by atoms with Gasteiger partial charge in [-0.1, -0.05) is 35.5 Å². The number of carbonyl (C=O) groups excluding carboxylic acids is 1. The van der Waals surface area contributed by atoms with Crippen LogP contribution in [0.5, 0.6) is 0 Å². The lowest BCUT2D eigenvalue weighted by molar-refractivity contribution is 0.182. The summed E-state index contributed by atoms with van der Waals surface area (Å²) in [5.74, 6) is 0.785. The van der Waals surface area contributed by atoms with Crippen LogP contribution in [0.2, 0.25) is 0 Å². The molecule has 116 valence electrons. The predicted octanol–water partition coefficient (Wildman–Crippen LogP) is 3.07. The molecule has 5 nitrogen and oxygen atoms in total. The summed E-state index contributed by atoms with van der Waals surface area (Å²) in [4.78, 5) is 14.2. The van der Waals surface area contributed by atoms with Gasteiger partial charge in [0.15, 0.2) is 5.76 Å². The van der Waals surface area contributed by atoms with Gasteiger partial charge in [-0.25, -0.2) is 4.79 Å². The summed E-state index contributed by atoms with van der Waals surface area (Å²) in [5.41, 5.74) is 2.08. The standard InChI is InChI=1S/C17H21N3O2/c1-13-12-16(22-19-13)15-8-5-11-20(15)17(21)18-10-9-14-6-3-2-4-7-14/h2-4,6-7,12,15H,5,8-11H2,1H3,(H,18,21). The molecule has 1 N–H and O–H groups in total. The Hall–Kier alpha value is -2.30. The molecule has 0 saturated carbocycles. The zero-order valence-corrected chi connectivity index (χ0v) is 12.8. The van der Waals surface area contributed by atoms with Crippen LogP contribution in [0.4, 0.5) is 4.79 Å². The normalized spacial score (nSPS) is 17.7. The second-order valence-electron chi connectivity index (χ2n) is 5.69. The molecule has 5 heteroatoms. The van der Waals surface area contributed by atoms with Gasteiger partial charge in [0.25, 0.3) is 0 Å². The molecular formula is C17H21N3O2. The molecule has 1 fully saturated rings. The minimum atomic E-state index is -0.0208. The summed E-state index contributed by atoms with van der Waals surface area (Å²) >= 11 is 0. The maximum Gasteiger partial charge on any atom is 0.318 e. The summed E-state index contributed by atoms with van der Waals surface area (Å²) in [7, 11) is 0. The van der Waals surface area contributed by atoms with Gasteiger partial charge < -0.3 is 14.7 Å². The van der Waals surface area contributed by atoms with Crippen LogP contribution >= 0.6 is 0 Å². The van der Waals surface area contributed by atoms with E-state index >= 15 is 0 Å². The number of aryl methyl sites for hydroxylation is 1. The first kappa shape index (κ1) is 14.6. The molecule has 0 radical (unpaired) electrons. The second kappa shape index (κ2) is 6.64. The average molecular weight is 299 g/mol. The molecule has 1 saturated heterocycles. The van der Waals surface area contributed by atoms with E-state index in [0.29, 0.717) is 6.54 Å². The third-order valence-corrected chi connectivity index (χ3v) is 4.02. The first-order chi connectivity index (χ1) is 10.7. The van der Waals surface area contributed by atoms with Gasteiger partial charge in [-0.05, 0) is 31.7 Å². The van der Waals surface area contributed by atoms with Crippen LogP contribution < -0.4 is 5.32 Å². The molecule has 0 aliphatic carbocycles. The van der Waals surface area contributed by atoms with E-state index in [2.05, 4.69) is 22.6 Å². The summed E-state index contributed by atoms with van der Waals surface area (Å²) in [6, 6.07) is 12.1. The largest absolute Gasteiger partial charge is 0.359 e. The van der Waals surface area contributed by atoms with Crippen molar-refractivity contribution < 1.29 is 9.32 Å². The van der Waals surface area contributed by atoms with Crippen LogP contribution in [0.15, 0.2) is 40.9 Å². The molecule has 22 heavy (non-hydrogen) atoms. The lowest BCUT2D eigenvalue weighted by Gasteiger charge is -2.23. The van der Waals surface area contributed by atoms with Crippen molar-refractivity contribution in [3.8, 4) is 0 Å². The van der Waals surface area contributed by atoms with Gasteiger partial charge in [-0.2, -0.15) is 0 Å². The molecule has 1 aromatic heterocycles. The molecule has 3 rings (SSSR count). The highest BCUT2D eigenvalue weighted by atomic mass is 16.5. The van der Waals surface area contributed by atoms with Crippen LogP contribution in [0.1, 0.15) is 35.9 Å². The molecule has 0 bridgehead atoms. The highest BCUT2D eigenvalue weighted by Gasteiger charge is 2.32. The Kier molecular flexibility index (Phi) is 4.42. The number of rotatable bonds is 4. The van der Waals surface area contributed by atoms with Crippen LogP contribution in [0, 0.1) is 6.92 Å². The lowest BCUT2D eigenvalue weighted by Crippen LogP contribution is -2.40. The maximum absolute atomic E-state index is 12.4. The summed E-state index contributed by atoms with van der Waals surface area (Å²) < 4.78 is 5.33. The Balaban J connectivity index is 1.55. The topological polar surface area (TPSA) is 58.4 Å². The molecule has 1 aliphatic heterocycles. The van der Waals surface area contributed by atoms with Crippen molar-refractivity contribution in [3.63, 3.8) is 0 Å². The third-order valence-electron chi connectivity index (χ3n) is 4.02. The van der Waals surface area contributed by atoms with Gasteiger partial charge in [0.05, 0.1) is 11.7 Å². The highest BCUT2D eigenvalue weighted by molar-refractivity contribution is 5.75. The molecule has 1 atom stereocenters. The number of nitrogens with one attached hydrogen (secondary N) is 1. The van der Waals surface area contributed by atoms with E-state index in [1.807, 2.05) is 36.1 Å². The number of nitrogens with zero attached hydrogens (tertiary/aromatic N) is 2. The smallest absolute Gasteiger partial charge is 0.318 e. The van der Waals surface area contributed by atoms with Gasteiger partial charge in [0.2, 0.25) is 0 Å². The van der Waals surface area contributed by atoms with Gasteiger partial charge in [0.1, 0.15) is 0 Å². The molecule has 2 amide bonds. The zero-order chi connectivity index (χ0) is 15.4. The minimum Gasteiger partial charge on any atom is -0.359 e. The van der Waals surface area contributed by atoms with Crippen molar-refractivity contribution in [2.75, 3.05) is 13.1 Å². The van der Waals surface area contributed by atoms with Crippen molar-refractivity contribution in [1.29, 1.82) is 0 Å². The van der Waals surface area contributed by atoms with Crippen LogP contribution in [0.25, 0.3) is 0 Å². The fraction of sp³-hybridized carbons (Fsp3) is 0.412. The summed E-state index contributed by atoms with van der Waals surface area (Å²) in [6.45, 7) is 3.30. The minimum absolute atomic E-state index is 0.0120. The van der Waals surface area contributed by atoms with E-state index < -0.39 is 0 Å². The maximum atomic E-state index is 12.4. The summed E-state index contributed by atoms with van der Waals surface area (Å²) in [6.07, 6.45) is 2.77. The predicted molar refractivity (Wildman–Crippen MR) is 83.5 cm³/mol. The van der Waals surface area contributed by atoms with Gasteiger partial charge in [0, 0.05) is 19.2 Å². The van der Waals surface area contributed by atoms with Crippen LogP contribution in [-0.4, -0.2) is 29.2 Å². The second-order valence-corrected chi connectivity index (χ2v) is 5.69. The molecule has 0 spiro atoms.